The molecule has 1 heterocycles. The van der Waals surface area contributed by atoms with Crippen LogP contribution in [0.4, 0.5) is 4.79 Å². The van der Waals surface area contributed by atoms with E-state index < -0.39 is 10.0 Å². The lowest BCUT2D eigenvalue weighted by Crippen LogP contribution is -2.61. The predicted molar refractivity (Wildman–Crippen MR) is 141 cm³/mol. The molecule has 6 nitrogen and oxygen atoms in total. The molecule has 0 radical (unpaired) electrons. The van der Waals surface area contributed by atoms with Gasteiger partial charge in [0.15, 0.2) is 0 Å². The van der Waals surface area contributed by atoms with Crippen LogP contribution in [0.2, 0.25) is 0 Å². The molecule has 4 saturated carbocycles. The number of rotatable bonds is 6. The smallest absolute Gasteiger partial charge is 0.315 e. The Hall–Kier alpha value is -2.38. The molecule has 192 valence electrons. The Morgan fingerprint density at radius 2 is 1.39 bits per heavy atom. The van der Waals surface area contributed by atoms with Crippen LogP contribution in [0.5, 0.6) is 0 Å². The van der Waals surface area contributed by atoms with Gasteiger partial charge in [-0.3, -0.25) is 0 Å². The van der Waals surface area contributed by atoms with Crippen LogP contribution in [0.15, 0.2) is 59.5 Å². The van der Waals surface area contributed by atoms with Crippen LogP contribution >= 0.6 is 0 Å². The lowest BCUT2D eigenvalue weighted by atomic mass is 9.53. The van der Waals surface area contributed by atoms with Gasteiger partial charge in [-0.1, -0.05) is 42.5 Å². The van der Waals surface area contributed by atoms with E-state index in [1.54, 1.807) is 16.4 Å². The molecule has 0 atom stereocenters. The number of nitrogens with zero attached hydrogens (tertiary/aromatic N) is 1. The van der Waals surface area contributed by atoms with Crippen LogP contribution in [0.3, 0.4) is 0 Å². The molecule has 1 saturated heterocycles. The number of sulfonamides is 1. The van der Waals surface area contributed by atoms with E-state index in [1.807, 2.05) is 42.5 Å². The second-order valence-electron chi connectivity index (χ2n) is 11.8. The average molecular weight is 508 g/mol. The normalized spacial score (nSPS) is 30.3. The summed E-state index contributed by atoms with van der Waals surface area (Å²) in [7, 11) is -3.51. The monoisotopic (exact) mass is 507 g/mol. The largest absolute Gasteiger partial charge is 0.338 e. The number of carbonyl (C=O) groups excluding carboxylic acids is 1. The highest BCUT2D eigenvalue weighted by molar-refractivity contribution is 7.89. The first kappa shape index (κ1) is 24.0. The highest BCUT2D eigenvalue weighted by atomic mass is 32.2. The summed E-state index contributed by atoms with van der Waals surface area (Å²) in [4.78, 5) is 13.1. The van der Waals surface area contributed by atoms with Gasteiger partial charge in [0, 0.05) is 25.2 Å². The van der Waals surface area contributed by atoms with E-state index in [2.05, 4.69) is 10.6 Å². The van der Waals surface area contributed by atoms with E-state index in [1.165, 1.54) is 19.3 Å². The number of hydrogen-bond donors (Lipinski definition) is 2. The van der Waals surface area contributed by atoms with Crippen molar-refractivity contribution < 1.29 is 13.2 Å². The van der Waals surface area contributed by atoms with Crippen molar-refractivity contribution in [2.24, 2.45) is 23.7 Å². The Labute approximate surface area is 214 Å². The van der Waals surface area contributed by atoms with Crippen LogP contribution in [-0.2, 0) is 10.0 Å². The first-order chi connectivity index (χ1) is 17.4. The fourth-order valence-electron chi connectivity index (χ4n) is 7.74. The van der Waals surface area contributed by atoms with Crippen molar-refractivity contribution in [1.82, 2.24) is 14.9 Å². The number of benzene rings is 2. The maximum atomic E-state index is 13.2. The molecule has 0 spiro atoms. The Morgan fingerprint density at radius 3 is 1.97 bits per heavy atom. The van der Waals surface area contributed by atoms with Crippen LogP contribution in [-0.4, -0.2) is 43.9 Å². The van der Waals surface area contributed by atoms with Crippen molar-refractivity contribution in [3.05, 3.63) is 54.6 Å². The molecule has 1 aliphatic heterocycles. The molecule has 4 aliphatic carbocycles. The van der Waals surface area contributed by atoms with Gasteiger partial charge in [-0.05, 0) is 98.3 Å². The molecule has 7 heteroatoms. The summed E-state index contributed by atoms with van der Waals surface area (Å²) in [5.41, 5.74) is 2.10. The molecular formula is C29H37N3O3S. The summed E-state index contributed by atoms with van der Waals surface area (Å²) in [6.45, 7) is 1.59. The first-order valence-electron chi connectivity index (χ1n) is 13.6. The number of urea groups is 1. The van der Waals surface area contributed by atoms with Crippen molar-refractivity contribution in [3.8, 4) is 11.1 Å². The molecule has 0 aromatic heterocycles. The zero-order chi connectivity index (χ0) is 24.8. The van der Waals surface area contributed by atoms with E-state index in [0.29, 0.717) is 30.4 Å². The molecule has 2 aromatic carbocycles. The zero-order valence-corrected chi connectivity index (χ0v) is 21.7. The lowest BCUT2D eigenvalue weighted by Gasteiger charge is -2.56. The maximum absolute atomic E-state index is 13.2. The Kier molecular flexibility index (Phi) is 6.32. The van der Waals surface area contributed by atoms with Crippen molar-refractivity contribution in [2.75, 3.05) is 19.6 Å². The first-order valence-corrected chi connectivity index (χ1v) is 15.0. The molecule has 5 fully saturated rings. The molecule has 36 heavy (non-hydrogen) atoms. The van der Waals surface area contributed by atoms with E-state index in [0.717, 1.165) is 61.0 Å². The predicted octanol–water partition coefficient (Wildman–Crippen LogP) is 5.02. The summed E-state index contributed by atoms with van der Waals surface area (Å²) < 4.78 is 28.0. The molecule has 2 N–H and O–H groups in total. The van der Waals surface area contributed by atoms with E-state index >= 15 is 0 Å². The lowest BCUT2D eigenvalue weighted by molar-refractivity contribution is -0.0135. The molecule has 2 aromatic rings. The number of carbonyl (C=O) groups is 1. The molecule has 7 rings (SSSR count). The minimum absolute atomic E-state index is 0.0202. The van der Waals surface area contributed by atoms with Crippen LogP contribution < -0.4 is 10.6 Å². The molecule has 4 bridgehead atoms. The molecule has 2 amide bonds. The van der Waals surface area contributed by atoms with Gasteiger partial charge in [0.05, 0.1) is 4.90 Å². The molecular weight excluding hydrogens is 470 g/mol. The number of hydrogen-bond acceptors (Lipinski definition) is 3. The Bertz CT molecular complexity index is 1150. The topological polar surface area (TPSA) is 78.5 Å². The maximum Gasteiger partial charge on any atom is 0.315 e. The summed E-state index contributed by atoms with van der Waals surface area (Å²) in [6, 6.07) is 17.1. The SMILES string of the molecule is O=C(NCC1CCN(S(=O)(=O)c2ccc(-c3ccccc3)cc2)CC1)NC12CC3CC(CC(C3)C1)C2. The zero-order valence-electron chi connectivity index (χ0n) is 20.9. The van der Waals surface area contributed by atoms with Crippen molar-refractivity contribution in [1.29, 1.82) is 0 Å². The van der Waals surface area contributed by atoms with Crippen LogP contribution in [0.1, 0.15) is 51.4 Å². The second-order valence-corrected chi connectivity index (χ2v) is 13.7. The van der Waals surface area contributed by atoms with Crippen LogP contribution in [0, 0.1) is 23.7 Å². The third-order valence-electron chi connectivity index (χ3n) is 9.14. The average Bonchev–Trinajstić information content (AvgIpc) is 2.87. The van der Waals surface area contributed by atoms with Gasteiger partial charge in [0.2, 0.25) is 10.0 Å². The fraction of sp³-hybridized carbons (Fsp3) is 0.552. The number of amides is 2. The van der Waals surface area contributed by atoms with Gasteiger partial charge < -0.3 is 10.6 Å². The molecule has 0 unspecified atom stereocenters. The number of piperidine rings is 1. The third kappa shape index (κ3) is 4.80. The van der Waals surface area contributed by atoms with Crippen molar-refractivity contribution >= 4 is 16.1 Å². The summed E-state index contributed by atoms with van der Waals surface area (Å²) in [6.07, 6.45) is 9.06. The standard InChI is InChI=1S/C29H37N3O3S/c33-28(31-29-17-22-14-23(18-29)16-24(15-22)19-29)30-20-21-10-12-32(13-11-21)36(34,35)27-8-6-26(7-9-27)25-4-2-1-3-5-25/h1-9,21-24H,10-20H2,(H2,30,31,33). The van der Waals surface area contributed by atoms with Gasteiger partial charge >= 0.3 is 6.03 Å². The fourth-order valence-corrected chi connectivity index (χ4v) is 9.21. The quantitative estimate of drug-likeness (QED) is 0.576. The third-order valence-corrected chi connectivity index (χ3v) is 11.1. The highest BCUT2D eigenvalue weighted by Crippen LogP contribution is 2.55. The van der Waals surface area contributed by atoms with Crippen LogP contribution in [0.25, 0.3) is 11.1 Å². The number of nitrogens with one attached hydrogen (secondary N) is 2. The van der Waals surface area contributed by atoms with E-state index in [4.69, 9.17) is 0 Å². The van der Waals surface area contributed by atoms with E-state index in [-0.39, 0.29) is 11.6 Å². The second kappa shape index (κ2) is 9.49. The molecule has 5 aliphatic rings. The van der Waals surface area contributed by atoms with Crippen molar-refractivity contribution in [2.45, 2.75) is 61.8 Å². The Balaban J connectivity index is 0.993. The Morgan fingerprint density at radius 1 is 0.833 bits per heavy atom. The highest BCUT2D eigenvalue weighted by Gasteiger charge is 2.51. The summed E-state index contributed by atoms with van der Waals surface area (Å²) in [5, 5.41) is 6.50. The minimum atomic E-state index is -3.51. The minimum Gasteiger partial charge on any atom is -0.338 e. The van der Waals surface area contributed by atoms with Gasteiger partial charge in [-0.15, -0.1) is 0 Å². The summed E-state index contributed by atoms with van der Waals surface area (Å²) >= 11 is 0. The van der Waals surface area contributed by atoms with E-state index in [9.17, 15) is 13.2 Å². The van der Waals surface area contributed by atoms with Gasteiger partial charge in [-0.25, -0.2) is 13.2 Å². The van der Waals surface area contributed by atoms with Crippen molar-refractivity contribution in [3.63, 3.8) is 0 Å². The van der Waals surface area contributed by atoms with Gasteiger partial charge in [-0.2, -0.15) is 4.31 Å². The summed E-state index contributed by atoms with van der Waals surface area (Å²) in [5.74, 6) is 2.71. The van der Waals surface area contributed by atoms with Gasteiger partial charge in [0.25, 0.3) is 0 Å². The van der Waals surface area contributed by atoms with Gasteiger partial charge in [0.1, 0.15) is 0 Å².